The highest BCUT2D eigenvalue weighted by molar-refractivity contribution is 5.61. The highest BCUT2D eigenvalue weighted by atomic mass is 16.5. The molecule has 2 bridgehead atoms. The van der Waals surface area contributed by atoms with Crippen molar-refractivity contribution in [2.75, 3.05) is 25.5 Å². The third-order valence-corrected chi connectivity index (χ3v) is 5.52. The van der Waals surface area contributed by atoms with E-state index in [1.165, 1.54) is 25.9 Å². The van der Waals surface area contributed by atoms with Gasteiger partial charge in [0.15, 0.2) is 0 Å². The highest BCUT2D eigenvalue weighted by Gasteiger charge is 2.39. The van der Waals surface area contributed by atoms with E-state index in [9.17, 15) is 0 Å². The smallest absolute Gasteiger partial charge is 0.148 e. The van der Waals surface area contributed by atoms with Crippen LogP contribution in [0.2, 0.25) is 0 Å². The number of nitrogens with zero attached hydrogens (tertiary/aromatic N) is 3. The zero-order valence-corrected chi connectivity index (χ0v) is 14.3. The largest absolute Gasteiger partial charge is 0.497 e. The zero-order valence-electron chi connectivity index (χ0n) is 14.3. The lowest BCUT2D eigenvalue weighted by molar-refractivity contribution is 0.0457. The third-order valence-electron chi connectivity index (χ3n) is 5.52. The average Bonchev–Trinajstić information content (AvgIpc) is 2.65. The number of ether oxygens (including phenoxy) is 1. The molecule has 2 unspecified atom stereocenters. The fourth-order valence-corrected chi connectivity index (χ4v) is 4.06. The molecule has 2 aromatic rings. The number of hydrogen-bond acceptors (Lipinski definition) is 5. The first kappa shape index (κ1) is 15.4. The van der Waals surface area contributed by atoms with Gasteiger partial charge in [0.2, 0.25) is 0 Å². The first-order chi connectivity index (χ1) is 11.7. The zero-order chi connectivity index (χ0) is 16.5. The van der Waals surface area contributed by atoms with E-state index in [0.29, 0.717) is 12.1 Å². The molecule has 1 aromatic carbocycles. The van der Waals surface area contributed by atoms with Crippen LogP contribution in [0.1, 0.15) is 19.8 Å². The Hall–Kier alpha value is -2.14. The maximum atomic E-state index is 5.28. The van der Waals surface area contributed by atoms with Crippen molar-refractivity contribution in [1.82, 2.24) is 15.1 Å². The van der Waals surface area contributed by atoms with Gasteiger partial charge in [-0.1, -0.05) is 12.1 Å². The Morgan fingerprint density at radius 1 is 1.12 bits per heavy atom. The van der Waals surface area contributed by atoms with Crippen LogP contribution in [0.3, 0.4) is 0 Å². The van der Waals surface area contributed by atoms with Gasteiger partial charge in [-0.3, -0.25) is 4.90 Å². The summed E-state index contributed by atoms with van der Waals surface area (Å²) in [6, 6.07) is 13.0. The van der Waals surface area contributed by atoms with Crippen LogP contribution in [0.5, 0.6) is 5.75 Å². The quantitative estimate of drug-likeness (QED) is 0.937. The van der Waals surface area contributed by atoms with Crippen LogP contribution < -0.4 is 10.1 Å². The standard InChI is InChI=1S/C19H24N4O/c1-13-19(14-8-10-23(13)11-9-14)20-18-7-6-17(21-22-18)15-4-3-5-16(12-15)24-2/h3-7,12-14,19H,8-11H2,1-2H3,(H,20,22). The Morgan fingerprint density at radius 3 is 2.62 bits per heavy atom. The molecule has 0 radical (unpaired) electrons. The molecular formula is C19H24N4O. The summed E-state index contributed by atoms with van der Waals surface area (Å²) in [5.41, 5.74) is 1.88. The predicted octanol–water partition coefficient (Wildman–Crippen LogP) is 3.05. The van der Waals surface area contributed by atoms with Crippen molar-refractivity contribution in [3.05, 3.63) is 36.4 Å². The Morgan fingerprint density at radius 2 is 1.96 bits per heavy atom. The van der Waals surface area contributed by atoms with Gasteiger partial charge in [0.05, 0.1) is 12.8 Å². The predicted molar refractivity (Wildman–Crippen MR) is 95.2 cm³/mol. The van der Waals surface area contributed by atoms with Crippen LogP contribution in [0.25, 0.3) is 11.3 Å². The summed E-state index contributed by atoms with van der Waals surface area (Å²) in [5, 5.41) is 12.4. The van der Waals surface area contributed by atoms with E-state index < -0.39 is 0 Å². The molecule has 5 nitrogen and oxygen atoms in total. The SMILES string of the molecule is COc1cccc(-c2ccc(NC3C4CCN(CC4)C3C)nn2)c1. The summed E-state index contributed by atoms with van der Waals surface area (Å²) in [4.78, 5) is 2.58. The Balaban J connectivity index is 1.50. The molecule has 4 heterocycles. The maximum absolute atomic E-state index is 5.28. The molecule has 0 aliphatic carbocycles. The van der Waals surface area contributed by atoms with Crippen molar-refractivity contribution >= 4 is 5.82 Å². The Kier molecular flexibility index (Phi) is 4.10. The number of piperidine rings is 3. The number of benzene rings is 1. The first-order valence-corrected chi connectivity index (χ1v) is 8.73. The molecule has 5 heteroatoms. The third kappa shape index (κ3) is 2.84. The van der Waals surface area contributed by atoms with E-state index in [1.54, 1.807) is 7.11 Å². The molecule has 3 aliphatic heterocycles. The lowest BCUT2D eigenvalue weighted by Gasteiger charge is -2.50. The molecule has 0 spiro atoms. The summed E-state index contributed by atoms with van der Waals surface area (Å²) in [5.74, 6) is 2.45. The van der Waals surface area contributed by atoms with Gasteiger partial charge < -0.3 is 10.1 Å². The molecule has 1 aromatic heterocycles. The van der Waals surface area contributed by atoms with E-state index in [-0.39, 0.29) is 0 Å². The topological polar surface area (TPSA) is 50.3 Å². The lowest BCUT2D eigenvalue weighted by Crippen LogP contribution is -2.59. The Labute approximate surface area is 143 Å². The van der Waals surface area contributed by atoms with Crippen LogP contribution in [-0.4, -0.2) is 47.4 Å². The summed E-state index contributed by atoms with van der Waals surface area (Å²) >= 11 is 0. The van der Waals surface area contributed by atoms with Crippen LogP contribution in [0.15, 0.2) is 36.4 Å². The lowest BCUT2D eigenvalue weighted by atomic mass is 9.79. The number of rotatable bonds is 4. The van der Waals surface area contributed by atoms with Crippen molar-refractivity contribution in [1.29, 1.82) is 0 Å². The molecule has 126 valence electrons. The number of nitrogens with one attached hydrogen (secondary N) is 1. The minimum absolute atomic E-state index is 0.476. The van der Waals surface area contributed by atoms with E-state index in [2.05, 4.69) is 27.3 Å². The van der Waals surface area contributed by atoms with Gasteiger partial charge in [0, 0.05) is 17.6 Å². The number of anilines is 1. The molecule has 3 fully saturated rings. The summed E-state index contributed by atoms with van der Waals surface area (Å²) in [6.07, 6.45) is 2.58. The summed E-state index contributed by atoms with van der Waals surface area (Å²) in [7, 11) is 1.67. The van der Waals surface area contributed by atoms with E-state index >= 15 is 0 Å². The van der Waals surface area contributed by atoms with Gasteiger partial charge in [-0.05, 0) is 63.0 Å². The molecule has 0 saturated carbocycles. The van der Waals surface area contributed by atoms with Crippen molar-refractivity contribution in [2.45, 2.75) is 31.8 Å². The van der Waals surface area contributed by atoms with Crippen molar-refractivity contribution in [3.8, 4) is 17.0 Å². The van der Waals surface area contributed by atoms with E-state index in [4.69, 9.17) is 4.74 Å². The molecule has 0 amide bonds. The van der Waals surface area contributed by atoms with Gasteiger partial charge in [-0.25, -0.2) is 0 Å². The van der Waals surface area contributed by atoms with Gasteiger partial charge >= 0.3 is 0 Å². The van der Waals surface area contributed by atoms with Gasteiger partial charge in [-0.2, -0.15) is 0 Å². The van der Waals surface area contributed by atoms with E-state index in [0.717, 1.165) is 28.7 Å². The van der Waals surface area contributed by atoms with Gasteiger partial charge in [-0.15, -0.1) is 10.2 Å². The maximum Gasteiger partial charge on any atom is 0.148 e. The second-order valence-electron chi connectivity index (χ2n) is 6.82. The molecule has 2 atom stereocenters. The number of aromatic nitrogens is 2. The normalized spacial score (nSPS) is 28.6. The van der Waals surface area contributed by atoms with Crippen LogP contribution >= 0.6 is 0 Å². The molecule has 1 N–H and O–H groups in total. The highest BCUT2D eigenvalue weighted by Crippen LogP contribution is 2.33. The molecular weight excluding hydrogens is 300 g/mol. The van der Waals surface area contributed by atoms with Crippen LogP contribution in [0.4, 0.5) is 5.82 Å². The Bertz CT molecular complexity index is 693. The average molecular weight is 324 g/mol. The van der Waals surface area contributed by atoms with Gasteiger partial charge in [0.1, 0.15) is 11.6 Å². The van der Waals surface area contributed by atoms with Crippen molar-refractivity contribution in [2.24, 2.45) is 5.92 Å². The van der Waals surface area contributed by atoms with Crippen LogP contribution in [0, 0.1) is 5.92 Å². The van der Waals surface area contributed by atoms with E-state index in [1.807, 2.05) is 36.4 Å². The first-order valence-electron chi connectivity index (χ1n) is 8.73. The molecule has 3 saturated heterocycles. The molecule has 24 heavy (non-hydrogen) atoms. The molecule has 3 aliphatic rings. The van der Waals surface area contributed by atoms with Crippen molar-refractivity contribution in [3.63, 3.8) is 0 Å². The summed E-state index contributed by atoms with van der Waals surface area (Å²) in [6.45, 7) is 4.80. The number of fused-ring (bicyclic) bond motifs is 3. The minimum Gasteiger partial charge on any atom is -0.497 e. The van der Waals surface area contributed by atoms with Crippen molar-refractivity contribution < 1.29 is 4.74 Å². The van der Waals surface area contributed by atoms with Crippen LogP contribution in [-0.2, 0) is 0 Å². The number of hydrogen-bond donors (Lipinski definition) is 1. The fourth-order valence-electron chi connectivity index (χ4n) is 4.06. The number of methoxy groups -OCH3 is 1. The molecule has 5 rings (SSSR count). The minimum atomic E-state index is 0.476. The monoisotopic (exact) mass is 324 g/mol. The second-order valence-corrected chi connectivity index (χ2v) is 6.82. The summed E-state index contributed by atoms with van der Waals surface area (Å²) < 4.78 is 5.28. The fraction of sp³-hybridized carbons (Fsp3) is 0.474. The van der Waals surface area contributed by atoms with Gasteiger partial charge in [0.25, 0.3) is 0 Å². The second kappa shape index (κ2) is 6.40.